The largest absolute Gasteiger partial charge is 0.378 e. The average molecular weight is 448 g/mol. The molecule has 0 amide bonds. The van der Waals surface area contributed by atoms with E-state index in [0.717, 1.165) is 31.7 Å². The van der Waals surface area contributed by atoms with Gasteiger partial charge in [-0.3, -0.25) is 0 Å². The lowest BCUT2D eigenvalue weighted by atomic mass is 10.2. The zero-order chi connectivity index (χ0) is 14.5. The first-order valence-corrected chi connectivity index (χ1v) is 8.08. The molecule has 1 aromatic heterocycles. The van der Waals surface area contributed by atoms with Crippen LogP contribution in [0.1, 0.15) is 12.6 Å². The molecule has 2 aromatic rings. The molecular weight excluding hydrogens is 433 g/mol. The summed E-state index contributed by atoms with van der Waals surface area (Å²) in [6.45, 7) is 3.34. The Kier molecular flexibility index (Phi) is 5.74. The summed E-state index contributed by atoms with van der Waals surface area (Å²) in [6.07, 6.45) is 0. The summed E-state index contributed by atoms with van der Waals surface area (Å²) in [7, 11) is 1.67. The van der Waals surface area contributed by atoms with Crippen LogP contribution in [0.15, 0.2) is 28.7 Å². The first-order valence-electron chi connectivity index (χ1n) is 6.20. The van der Waals surface area contributed by atoms with Gasteiger partial charge in [0.25, 0.3) is 0 Å². The predicted molar refractivity (Wildman–Crippen MR) is 92.8 cm³/mol. The Morgan fingerprint density at radius 3 is 2.55 bits per heavy atom. The summed E-state index contributed by atoms with van der Waals surface area (Å²) in [5.41, 5.74) is 1.89. The molecule has 0 bridgehead atoms. The molecule has 0 unspecified atom stereocenters. The molecule has 0 aliphatic rings. The van der Waals surface area contributed by atoms with Gasteiger partial charge >= 0.3 is 0 Å². The second-order valence-corrected chi connectivity index (χ2v) is 6.12. The van der Waals surface area contributed by atoms with E-state index < -0.39 is 0 Å². The molecule has 0 spiro atoms. The second-order valence-electron chi connectivity index (χ2n) is 4.13. The normalized spacial score (nSPS) is 10.6. The molecule has 1 N–H and O–H groups in total. The molecule has 0 saturated heterocycles. The van der Waals surface area contributed by atoms with Crippen molar-refractivity contribution >= 4 is 44.3 Å². The van der Waals surface area contributed by atoms with Gasteiger partial charge in [-0.1, -0.05) is 28.1 Å². The van der Waals surface area contributed by atoms with Gasteiger partial charge in [-0.2, -0.15) is 0 Å². The second kappa shape index (κ2) is 7.33. The molecule has 0 atom stereocenters. The molecule has 6 heteroatoms. The first kappa shape index (κ1) is 15.7. The Labute approximate surface area is 140 Å². The Bertz CT molecular complexity index is 562. The van der Waals surface area contributed by atoms with Gasteiger partial charge in [0, 0.05) is 23.7 Å². The summed E-state index contributed by atoms with van der Waals surface area (Å²) < 4.78 is 7.27. The van der Waals surface area contributed by atoms with Crippen molar-refractivity contribution < 1.29 is 4.74 Å². The molecule has 0 aliphatic heterocycles. The van der Waals surface area contributed by atoms with Crippen LogP contribution in [0.25, 0.3) is 11.4 Å². The lowest BCUT2D eigenvalue weighted by Gasteiger charge is -2.12. The zero-order valence-electron chi connectivity index (χ0n) is 11.3. The minimum absolute atomic E-state index is 0.475. The number of rotatable bonds is 5. The number of hydrogen-bond acceptors (Lipinski definition) is 4. The number of anilines is 1. The molecule has 1 heterocycles. The molecular formula is C14H15BrIN3O. The number of nitrogens with one attached hydrogen (secondary N) is 1. The molecule has 4 nitrogen and oxygen atoms in total. The van der Waals surface area contributed by atoms with Gasteiger partial charge < -0.3 is 10.1 Å². The maximum atomic E-state index is 5.22. The van der Waals surface area contributed by atoms with E-state index in [1.165, 1.54) is 0 Å². The van der Waals surface area contributed by atoms with E-state index in [0.29, 0.717) is 12.4 Å². The fraction of sp³-hybridized carbons (Fsp3) is 0.286. The highest BCUT2D eigenvalue weighted by Gasteiger charge is 2.12. The Hall–Kier alpha value is -0.730. The monoisotopic (exact) mass is 447 g/mol. The highest BCUT2D eigenvalue weighted by molar-refractivity contribution is 14.1. The molecule has 2 rings (SSSR count). The number of benzene rings is 1. The van der Waals surface area contributed by atoms with Crippen LogP contribution in [-0.4, -0.2) is 23.6 Å². The van der Waals surface area contributed by atoms with E-state index in [-0.39, 0.29) is 0 Å². The number of hydrogen-bond donors (Lipinski definition) is 1. The Balaban J connectivity index is 2.49. The van der Waals surface area contributed by atoms with Crippen molar-refractivity contribution in [1.82, 2.24) is 9.97 Å². The summed E-state index contributed by atoms with van der Waals surface area (Å²) in [4.78, 5) is 9.21. The average Bonchev–Trinajstić information content (AvgIpc) is 2.44. The lowest BCUT2D eigenvalue weighted by molar-refractivity contribution is 0.181. The van der Waals surface area contributed by atoms with Crippen LogP contribution in [0.4, 0.5) is 5.82 Å². The van der Waals surface area contributed by atoms with E-state index >= 15 is 0 Å². The van der Waals surface area contributed by atoms with E-state index in [9.17, 15) is 0 Å². The van der Waals surface area contributed by atoms with Gasteiger partial charge in [-0.15, -0.1) is 0 Å². The molecule has 0 aliphatic carbocycles. The molecule has 20 heavy (non-hydrogen) atoms. The van der Waals surface area contributed by atoms with E-state index in [1.807, 2.05) is 31.2 Å². The van der Waals surface area contributed by atoms with Crippen molar-refractivity contribution in [2.75, 3.05) is 19.0 Å². The van der Waals surface area contributed by atoms with Crippen molar-refractivity contribution in [3.8, 4) is 11.4 Å². The molecule has 0 radical (unpaired) electrons. The van der Waals surface area contributed by atoms with Crippen molar-refractivity contribution in [3.63, 3.8) is 0 Å². The third-order valence-corrected chi connectivity index (χ3v) is 4.31. The summed E-state index contributed by atoms with van der Waals surface area (Å²) in [5, 5.41) is 3.27. The Morgan fingerprint density at radius 2 is 1.95 bits per heavy atom. The van der Waals surface area contributed by atoms with Crippen LogP contribution < -0.4 is 5.32 Å². The maximum Gasteiger partial charge on any atom is 0.161 e. The summed E-state index contributed by atoms with van der Waals surface area (Å²) >= 11 is 5.69. The predicted octanol–water partition coefficient (Wildman–Crippen LogP) is 4.09. The SMILES string of the molecule is CCNc1nc(-c2ccc(Br)cc2)nc(COC)c1I. The number of methoxy groups -OCH3 is 1. The van der Waals surface area contributed by atoms with Crippen molar-refractivity contribution in [3.05, 3.63) is 38.0 Å². The third kappa shape index (κ3) is 3.67. The first-order chi connectivity index (χ1) is 9.65. The molecule has 1 aromatic carbocycles. The lowest BCUT2D eigenvalue weighted by Crippen LogP contribution is -2.08. The number of nitrogens with zero attached hydrogens (tertiary/aromatic N) is 2. The van der Waals surface area contributed by atoms with Crippen LogP contribution in [0.5, 0.6) is 0 Å². The Morgan fingerprint density at radius 1 is 1.25 bits per heavy atom. The number of ether oxygens (including phenoxy) is 1. The maximum absolute atomic E-state index is 5.22. The van der Waals surface area contributed by atoms with Gasteiger partial charge in [0.2, 0.25) is 0 Å². The highest BCUT2D eigenvalue weighted by Crippen LogP contribution is 2.25. The highest BCUT2D eigenvalue weighted by atomic mass is 127. The standard InChI is InChI=1S/C14H15BrIN3O/c1-3-17-14-12(16)11(8-20-2)18-13(19-14)9-4-6-10(15)7-5-9/h4-7H,3,8H2,1-2H3,(H,17,18,19). The van der Waals surface area contributed by atoms with Crippen LogP contribution in [0.2, 0.25) is 0 Å². The summed E-state index contributed by atoms with van der Waals surface area (Å²) in [5.74, 6) is 1.56. The minimum atomic E-state index is 0.475. The van der Waals surface area contributed by atoms with Crippen LogP contribution in [0, 0.1) is 3.57 Å². The fourth-order valence-corrected chi connectivity index (χ4v) is 2.59. The summed E-state index contributed by atoms with van der Waals surface area (Å²) in [6, 6.07) is 7.97. The van der Waals surface area contributed by atoms with E-state index in [4.69, 9.17) is 4.74 Å². The zero-order valence-corrected chi connectivity index (χ0v) is 15.0. The van der Waals surface area contributed by atoms with Crippen LogP contribution in [0.3, 0.4) is 0 Å². The van der Waals surface area contributed by atoms with E-state index in [1.54, 1.807) is 7.11 Å². The minimum Gasteiger partial charge on any atom is -0.378 e. The third-order valence-electron chi connectivity index (χ3n) is 2.65. The van der Waals surface area contributed by atoms with Gasteiger partial charge in [0.15, 0.2) is 5.82 Å². The molecule has 106 valence electrons. The van der Waals surface area contributed by atoms with E-state index in [2.05, 4.69) is 53.8 Å². The molecule has 0 fully saturated rings. The topological polar surface area (TPSA) is 47.0 Å². The van der Waals surface area contributed by atoms with Crippen LogP contribution in [-0.2, 0) is 11.3 Å². The van der Waals surface area contributed by atoms with Crippen LogP contribution >= 0.6 is 38.5 Å². The van der Waals surface area contributed by atoms with Crippen molar-refractivity contribution in [2.24, 2.45) is 0 Å². The van der Waals surface area contributed by atoms with Gasteiger partial charge in [0.05, 0.1) is 15.9 Å². The smallest absolute Gasteiger partial charge is 0.161 e. The van der Waals surface area contributed by atoms with Crippen molar-refractivity contribution in [2.45, 2.75) is 13.5 Å². The number of halogens is 2. The quantitative estimate of drug-likeness (QED) is 0.701. The van der Waals surface area contributed by atoms with Crippen molar-refractivity contribution in [1.29, 1.82) is 0 Å². The molecule has 0 saturated carbocycles. The van der Waals surface area contributed by atoms with Gasteiger partial charge in [0.1, 0.15) is 5.82 Å². The van der Waals surface area contributed by atoms with Gasteiger partial charge in [-0.25, -0.2) is 9.97 Å². The fourth-order valence-electron chi connectivity index (χ4n) is 1.74. The van der Waals surface area contributed by atoms with Gasteiger partial charge in [-0.05, 0) is 41.6 Å². The number of aromatic nitrogens is 2.